The van der Waals surface area contributed by atoms with E-state index in [4.69, 9.17) is 21.8 Å². The van der Waals surface area contributed by atoms with Crippen LogP contribution in [0.15, 0.2) is 28.7 Å². The molecule has 0 aliphatic rings. The highest BCUT2D eigenvalue weighted by Crippen LogP contribution is 2.26. The Kier molecular flexibility index (Phi) is 3.69. The summed E-state index contributed by atoms with van der Waals surface area (Å²) in [6, 6.07) is 7.90. The van der Waals surface area contributed by atoms with Crippen LogP contribution in [0.4, 0.5) is 0 Å². The van der Waals surface area contributed by atoms with Gasteiger partial charge < -0.3 is 10.2 Å². The second-order valence-corrected chi connectivity index (χ2v) is 6.34. The summed E-state index contributed by atoms with van der Waals surface area (Å²) in [6.07, 6.45) is 1.79. The fourth-order valence-corrected chi connectivity index (χ4v) is 2.10. The van der Waals surface area contributed by atoms with Crippen LogP contribution in [0.1, 0.15) is 33.0 Å². The minimum absolute atomic E-state index is 0.134. The molecular weight excluding hydrogens is 246 g/mol. The molecule has 0 aliphatic carbocycles. The van der Waals surface area contributed by atoms with E-state index in [1.165, 1.54) is 0 Å². The first-order chi connectivity index (χ1) is 8.36. The lowest BCUT2D eigenvalue weighted by atomic mass is 9.84. The summed E-state index contributed by atoms with van der Waals surface area (Å²) in [5, 5.41) is 1.79. The molecule has 3 heteroatoms. The Bertz CT molecular complexity index is 539. The van der Waals surface area contributed by atoms with Gasteiger partial charge in [-0.3, -0.25) is 0 Å². The summed E-state index contributed by atoms with van der Waals surface area (Å²) in [5.74, 6) is 0.979. The second-order valence-electron chi connectivity index (χ2n) is 5.91. The van der Waals surface area contributed by atoms with Crippen molar-refractivity contribution in [2.24, 2.45) is 11.1 Å². The minimum Gasteiger partial charge on any atom is -0.461 e. The summed E-state index contributed by atoms with van der Waals surface area (Å²) in [5.41, 5.74) is 7.18. The first-order valence-electron chi connectivity index (χ1n) is 6.30. The highest BCUT2D eigenvalue weighted by atomic mass is 35.5. The average Bonchev–Trinajstić information content (AvgIpc) is 2.66. The molecule has 0 amide bonds. The quantitative estimate of drug-likeness (QED) is 0.894. The standard InChI is InChI=1S/C15H20ClNO/c1-15(2,3)14(17)7-5-12-9-10-8-11(16)4-6-13(10)18-12/h4,6,8-9,14H,5,7,17H2,1-3H3. The summed E-state index contributed by atoms with van der Waals surface area (Å²) < 4.78 is 5.77. The number of hydrogen-bond acceptors (Lipinski definition) is 2. The molecule has 98 valence electrons. The number of benzene rings is 1. The molecule has 0 saturated carbocycles. The lowest BCUT2D eigenvalue weighted by Crippen LogP contribution is -2.35. The molecule has 2 N–H and O–H groups in total. The number of halogens is 1. The molecular formula is C15H20ClNO. The average molecular weight is 266 g/mol. The van der Waals surface area contributed by atoms with Crippen molar-refractivity contribution in [1.29, 1.82) is 0 Å². The Balaban J connectivity index is 2.09. The topological polar surface area (TPSA) is 39.2 Å². The van der Waals surface area contributed by atoms with Crippen molar-refractivity contribution in [3.05, 3.63) is 35.0 Å². The van der Waals surface area contributed by atoms with Gasteiger partial charge in [0, 0.05) is 22.9 Å². The molecule has 0 saturated heterocycles. The van der Waals surface area contributed by atoms with Crippen molar-refractivity contribution in [3.8, 4) is 0 Å². The van der Waals surface area contributed by atoms with Gasteiger partial charge in [-0.2, -0.15) is 0 Å². The first-order valence-corrected chi connectivity index (χ1v) is 6.67. The van der Waals surface area contributed by atoms with Gasteiger partial charge in [0.25, 0.3) is 0 Å². The lowest BCUT2D eigenvalue weighted by Gasteiger charge is -2.26. The van der Waals surface area contributed by atoms with E-state index in [1.807, 2.05) is 18.2 Å². The number of fused-ring (bicyclic) bond motifs is 1. The zero-order valence-corrected chi connectivity index (χ0v) is 11.9. The molecule has 1 aromatic heterocycles. The third-order valence-corrected chi connectivity index (χ3v) is 3.58. The molecule has 0 fully saturated rings. The Labute approximate surface area is 113 Å². The molecule has 0 radical (unpaired) electrons. The predicted molar refractivity (Wildman–Crippen MR) is 77.0 cm³/mol. The van der Waals surface area contributed by atoms with Crippen molar-refractivity contribution >= 4 is 22.6 Å². The predicted octanol–water partition coefficient (Wildman–Crippen LogP) is 4.39. The van der Waals surface area contributed by atoms with Crippen LogP contribution in [-0.2, 0) is 6.42 Å². The molecule has 0 aliphatic heterocycles. The number of hydrogen-bond donors (Lipinski definition) is 1. The van der Waals surface area contributed by atoms with Crippen molar-refractivity contribution in [3.63, 3.8) is 0 Å². The normalized spacial score (nSPS) is 14.1. The maximum Gasteiger partial charge on any atom is 0.134 e. The molecule has 0 spiro atoms. The minimum atomic E-state index is 0.134. The van der Waals surface area contributed by atoms with E-state index in [-0.39, 0.29) is 11.5 Å². The van der Waals surface area contributed by atoms with Gasteiger partial charge in [0.15, 0.2) is 0 Å². The zero-order chi connectivity index (χ0) is 13.3. The van der Waals surface area contributed by atoms with E-state index in [0.29, 0.717) is 0 Å². The van der Waals surface area contributed by atoms with Crippen LogP contribution in [0.2, 0.25) is 5.02 Å². The van der Waals surface area contributed by atoms with Gasteiger partial charge >= 0.3 is 0 Å². The van der Waals surface area contributed by atoms with E-state index in [9.17, 15) is 0 Å². The van der Waals surface area contributed by atoms with Crippen LogP contribution in [-0.4, -0.2) is 6.04 Å². The summed E-state index contributed by atoms with van der Waals surface area (Å²) >= 11 is 5.95. The SMILES string of the molecule is CC(C)(C)C(N)CCc1cc2cc(Cl)ccc2o1. The van der Waals surface area contributed by atoms with Gasteiger partial charge in [0.2, 0.25) is 0 Å². The third-order valence-electron chi connectivity index (χ3n) is 3.34. The van der Waals surface area contributed by atoms with Crippen LogP contribution >= 0.6 is 11.6 Å². The van der Waals surface area contributed by atoms with Crippen LogP contribution in [0.5, 0.6) is 0 Å². The highest BCUT2D eigenvalue weighted by molar-refractivity contribution is 6.31. The third kappa shape index (κ3) is 3.06. The molecule has 2 nitrogen and oxygen atoms in total. The van der Waals surface area contributed by atoms with Gasteiger partial charge in [-0.1, -0.05) is 32.4 Å². The number of nitrogens with two attached hydrogens (primary N) is 1. The van der Waals surface area contributed by atoms with Gasteiger partial charge in [-0.05, 0) is 36.1 Å². The smallest absolute Gasteiger partial charge is 0.134 e. The summed E-state index contributed by atoms with van der Waals surface area (Å²) in [6.45, 7) is 6.49. The molecule has 18 heavy (non-hydrogen) atoms. The van der Waals surface area contributed by atoms with E-state index in [2.05, 4.69) is 26.8 Å². The lowest BCUT2D eigenvalue weighted by molar-refractivity contribution is 0.301. The Morgan fingerprint density at radius 3 is 2.67 bits per heavy atom. The Hall–Kier alpha value is -0.990. The monoisotopic (exact) mass is 265 g/mol. The van der Waals surface area contributed by atoms with Crippen LogP contribution < -0.4 is 5.73 Å². The van der Waals surface area contributed by atoms with Gasteiger partial charge in [-0.25, -0.2) is 0 Å². The largest absolute Gasteiger partial charge is 0.461 e. The van der Waals surface area contributed by atoms with Crippen molar-refractivity contribution in [2.45, 2.75) is 39.7 Å². The molecule has 0 bridgehead atoms. The molecule has 1 unspecified atom stereocenters. The Morgan fingerprint density at radius 1 is 1.28 bits per heavy atom. The molecule has 2 rings (SSSR count). The zero-order valence-electron chi connectivity index (χ0n) is 11.2. The number of furan rings is 1. The highest BCUT2D eigenvalue weighted by Gasteiger charge is 2.20. The van der Waals surface area contributed by atoms with Gasteiger partial charge in [-0.15, -0.1) is 0 Å². The number of rotatable bonds is 3. The van der Waals surface area contributed by atoms with Crippen molar-refractivity contribution in [1.82, 2.24) is 0 Å². The maximum absolute atomic E-state index is 6.15. The fourth-order valence-electron chi connectivity index (χ4n) is 1.92. The van der Waals surface area contributed by atoms with E-state index in [0.717, 1.165) is 34.6 Å². The van der Waals surface area contributed by atoms with E-state index < -0.39 is 0 Å². The van der Waals surface area contributed by atoms with E-state index >= 15 is 0 Å². The second kappa shape index (κ2) is 4.94. The van der Waals surface area contributed by atoms with Crippen LogP contribution in [0, 0.1) is 5.41 Å². The van der Waals surface area contributed by atoms with E-state index in [1.54, 1.807) is 0 Å². The molecule has 2 aromatic rings. The molecule has 1 atom stereocenters. The molecule has 1 heterocycles. The summed E-state index contributed by atoms with van der Waals surface area (Å²) in [7, 11) is 0. The van der Waals surface area contributed by atoms with Gasteiger partial charge in [0.05, 0.1) is 0 Å². The van der Waals surface area contributed by atoms with Gasteiger partial charge in [0.1, 0.15) is 11.3 Å². The van der Waals surface area contributed by atoms with Crippen molar-refractivity contribution < 1.29 is 4.42 Å². The summed E-state index contributed by atoms with van der Waals surface area (Å²) in [4.78, 5) is 0. The maximum atomic E-state index is 6.15. The van der Waals surface area contributed by atoms with Crippen LogP contribution in [0.25, 0.3) is 11.0 Å². The number of aryl methyl sites for hydroxylation is 1. The fraction of sp³-hybridized carbons (Fsp3) is 0.467. The van der Waals surface area contributed by atoms with Crippen molar-refractivity contribution in [2.75, 3.05) is 0 Å². The Morgan fingerprint density at radius 2 is 2.00 bits per heavy atom. The first kappa shape index (κ1) is 13.4. The molecule has 1 aromatic carbocycles. The van der Waals surface area contributed by atoms with Crippen LogP contribution in [0.3, 0.4) is 0 Å².